The zero-order chi connectivity index (χ0) is 19.1. The molecule has 1 unspecified atom stereocenters. The van der Waals surface area contributed by atoms with Gasteiger partial charge in [0.15, 0.2) is 11.5 Å². The number of benzene rings is 1. The highest BCUT2D eigenvalue weighted by Crippen LogP contribution is 2.35. The van der Waals surface area contributed by atoms with Crippen LogP contribution in [-0.2, 0) is 31.0 Å². The monoisotopic (exact) mass is 378 g/mol. The van der Waals surface area contributed by atoms with Crippen LogP contribution in [0.4, 0.5) is 5.69 Å². The van der Waals surface area contributed by atoms with E-state index in [0.717, 1.165) is 48.6 Å². The van der Waals surface area contributed by atoms with Gasteiger partial charge < -0.3 is 24.1 Å². The molecule has 0 spiro atoms. The van der Waals surface area contributed by atoms with Crippen molar-refractivity contribution in [2.75, 3.05) is 25.6 Å². The smallest absolute Gasteiger partial charge is 0.163 e. The normalized spacial score (nSPS) is 20.1. The molecule has 0 saturated carbocycles. The van der Waals surface area contributed by atoms with Gasteiger partial charge in [0.1, 0.15) is 13.2 Å². The van der Waals surface area contributed by atoms with E-state index in [-0.39, 0.29) is 0 Å². The summed E-state index contributed by atoms with van der Waals surface area (Å²) in [5, 5.41) is 3.52. The maximum atomic E-state index is 5.70. The number of hydrogen-bond acceptors (Lipinski definition) is 4. The third kappa shape index (κ3) is 3.00. The molecule has 1 N–H and O–H groups in total. The Kier molecular flexibility index (Phi) is 4.40. The van der Waals surface area contributed by atoms with Gasteiger partial charge in [-0.05, 0) is 54.7 Å². The number of aromatic nitrogens is 1. The summed E-state index contributed by atoms with van der Waals surface area (Å²) in [7, 11) is 4.01. The summed E-state index contributed by atoms with van der Waals surface area (Å²) in [6, 6.07) is 6.01. The molecule has 1 aromatic carbocycles. The van der Waals surface area contributed by atoms with Crippen LogP contribution >= 0.6 is 0 Å². The molecular formula is C23H26N2O3. The van der Waals surface area contributed by atoms with E-state index in [1.165, 1.54) is 22.5 Å². The lowest BCUT2D eigenvalue weighted by Crippen LogP contribution is -2.22. The van der Waals surface area contributed by atoms with Crippen molar-refractivity contribution in [1.29, 1.82) is 0 Å². The van der Waals surface area contributed by atoms with Crippen LogP contribution < -0.4 is 14.8 Å². The Morgan fingerprint density at radius 3 is 2.82 bits per heavy atom. The minimum absolute atomic E-state index is 0.338. The van der Waals surface area contributed by atoms with Crippen molar-refractivity contribution in [3.05, 3.63) is 58.6 Å². The second kappa shape index (κ2) is 7.06. The molecule has 1 aromatic heterocycles. The van der Waals surface area contributed by atoms with E-state index in [1.54, 1.807) is 0 Å². The summed E-state index contributed by atoms with van der Waals surface area (Å²) in [6.45, 7) is 1.21. The molecule has 28 heavy (non-hydrogen) atoms. The first-order valence-electron chi connectivity index (χ1n) is 10.00. The maximum absolute atomic E-state index is 5.70. The summed E-state index contributed by atoms with van der Waals surface area (Å²) in [5.74, 6) is 1.62. The van der Waals surface area contributed by atoms with E-state index < -0.39 is 0 Å². The van der Waals surface area contributed by atoms with Crippen molar-refractivity contribution in [3.8, 4) is 11.5 Å². The molecule has 0 fully saturated rings. The van der Waals surface area contributed by atoms with E-state index >= 15 is 0 Å². The Balaban J connectivity index is 1.40. The number of fused-ring (bicyclic) bond motifs is 4. The molecule has 5 nitrogen and oxygen atoms in total. The molecule has 1 atom stereocenters. The Bertz CT molecular complexity index is 971. The number of anilines is 1. The minimum atomic E-state index is 0.338. The minimum Gasteiger partial charge on any atom is -0.486 e. The number of rotatable bonds is 3. The predicted molar refractivity (Wildman–Crippen MR) is 110 cm³/mol. The van der Waals surface area contributed by atoms with E-state index in [0.29, 0.717) is 19.3 Å². The van der Waals surface area contributed by atoms with Crippen LogP contribution in [0.3, 0.4) is 0 Å². The van der Waals surface area contributed by atoms with Gasteiger partial charge in [0.2, 0.25) is 0 Å². The molecular weight excluding hydrogens is 352 g/mol. The van der Waals surface area contributed by atoms with Crippen molar-refractivity contribution in [3.63, 3.8) is 0 Å². The molecule has 0 bridgehead atoms. The average molecular weight is 378 g/mol. The molecule has 3 aliphatic rings. The van der Waals surface area contributed by atoms with Gasteiger partial charge in [0, 0.05) is 49.4 Å². The van der Waals surface area contributed by atoms with Gasteiger partial charge >= 0.3 is 0 Å². The van der Waals surface area contributed by atoms with Crippen molar-refractivity contribution < 1.29 is 14.2 Å². The first kappa shape index (κ1) is 17.4. The van der Waals surface area contributed by atoms with Crippen molar-refractivity contribution in [2.24, 2.45) is 7.05 Å². The van der Waals surface area contributed by atoms with Gasteiger partial charge in [0.25, 0.3) is 0 Å². The highest BCUT2D eigenvalue weighted by atomic mass is 16.6. The zero-order valence-corrected chi connectivity index (χ0v) is 16.5. The molecule has 0 radical (unpaired) electrons. The lowest BCUT2D eigenvalue weighted by molar-refractivity contribution is 0.0903. The van der Waals surface area contributed by atoms with Gasteiger partial charge in [-0.3, -0.25) is 0 Å². The summed E-state index contributed by atoms with van der Waals surface area (Å²) in [5.41, 5.74) is 7.82. The number of nitrogens with one attached hydrogen (secondary N) is 1. The van der Waals surface area contributed by atoms with Crippen molar-refractivity contribution in [1.82, 2.24) is 4.57 Å². The number of nitrogens with zero attached hydrogens (tertiary/aromatic N) is 1. The van der Waals surface area contributed by atoms with Crippen LogP contribution in [-0.4, -0.2) is 31.0 Å². The maximum Gasteiger partial charge on any atom is 0.163 e. The van der Waals surface area contributed by atoms with Gasteiger partial charge in [-0.15, -0.1) is 0 Å². The molecule has 0 amide bonds. The Labute approximate surface area is 165 Å². The fourth-order valence-corrected chi connectivity index (χ4v) is 4.54. The Hall–Kier alpha value is -2.66. The van der Waals surface area contributed by atoms with Gasteiger partial charge in [-0.1, -0.05) is 6.08 Å². The highest BCUT2D eigenvalue weighted by molar-refractivity contribution is 5.65. The van der Waals surface area contributed by atoms with Gasteiger partial charge in [-0.25, -0.2) is 0 Å². The SMILES string of the molecule is COC1CCc2c(c3c(n2C)C=CC(Nc2ccc4c(c2)OCCO4)=CC3)C1. The molecule has 2 aromatic rings. The molecule has 1 aliphatic heterocycles. The highest BCUT2D eigenvalue weighted by Gasteiger charge is 2.27. The van der Waals surface area contributed by atoms with Crippen LogP contribution in [0, 0.1) is 0 Å². The lowest BCUT2D eigenvalue weighted by Gasteiger charge is -2.22. The van der Waals surface area contributed by atoms with Crippen LogP contribution in [0.5, 0.6) is 11.5 Å². The second-order valence-corrected chi connectivity index (χ2v) is 7.63. The standard InChI is InChI=1S/C23H26N2O3/c1-25-20-8-4-15(24-16-5-10-22-23(13-16)28-12-11-27-22)3-7-18(20)19-14-17(26-2)6-9-21(19)25/h3-5,8,10,13,17,24H,6-7,9,11-12,14H2,1-2H3. The summed E-state index contributed by atoms with van der Waals surface area (Å²) >= 11 is 0. The fourth-order valence-electron chi connectivity index (χ4n) is 4.54. The van der Waals surface area contributed by atoms with Crippen LogP contribution in [0.15, 0.2) is 36.0 Å². The molecule has 2 heterocycles. The molecule has 5 rings (SSSR count). The van der Waals surface area contributed by atoms with Gasteiger partial charge in [-0.2, -0.15) is 0 Å². The van der Waals surface area contributed by atoms with Crippen molar-refractivity contribution >= 4 is 11.8 Å². The van der Waals surface area contributed by atoms with Crippen molar-refractivity contribution in [2.45, 2.75) is 31.8 Å². The van der Waals surface area contributed by atoms with Crippen LogP contribution in [0.2, 0.25) is 0 Å². The summed E-state index contributed by atoms with van der Waals surface area (Å²) < 4.78 is 19.3. The number of ether oxygens (including phenoxy) is 3. The third-order valence-electron chi connectivity index (χ3n) is 6.03. The largest absolute Gasteiger partial charge is 0.486 e. The van der Waals surface area contributed by atoms with Gasteiger partial charge in [0.05, 0.1) is 6.10 Å². The second-order valence-electron chi connectivity index (χ2n) is 7.63. The number of allylic oxidation sites excluding steroid dienone is 2. The van der Waals surface area contributed by atoms with E-state index in [4.69, 9.17) is 14.2 Å². The molecule has 0 saturated heterocycles. The Morgan fingerprint density at radius 2 is 1.96 bits per heavy atom. The van der Waals surface area contributed by atoms with E-state index in [2.05, 4.69) is 35.2 Å². The fraction of sp³-hybridized carbons (Fsp3) is 0.391. The molecule has 146 valence electrons. The summed E-state index contributed by atoms with van der Waals surface area (Å²) in [6.07, 6.45) is 11.2. The number of hydrogen-bond donors (Lipinski definition) is 1. The Morgan fingerprint density at radius 1 is 1.11 bits per heavy atom. The average Bonchev–Trinajstić information content (AvgIpc) is 2.87. The number of methoxy groups -OCH3 is 1. The lowest BCUT2D eigenvalue weighted by atomic mass is 9.91. The van der Waals surface area contributed by atoms with Crippen LogP contribution in [0.1, 0.15) is 28.9 Å². The predicted octanol–water partition coefficient (Wildman–Crippen LogP) is 3.87. The summed E-state index contributed by atoms with van der Waals surface area (Å²) in [4.78, 5) is 0. The quantitative estimate of drug-likeness (QED) is 0.881. The molecule has 5 heteroatoms. The van der Waals surface area contributed by atoms with E-state index in [9.17, 15) is 0 Å². The zero-order valence-electron chi connectivity index (χ0n) is 16.5. The molecule has 2 aliphatic carbocycles. The third-order valence-corrected chi connectivity index (χ3v) is 6.03. The first-order valence-corrected chi connectivity index (χ1v) is 10.00. The van der Waals surface area contributed by atoms with E-state index in [1.807, 2.05) is 25.3 Å². The van der Waals surface area contributed by atoms with Crippen LogP contribution in [0.25, 0.3) is 6.08 Å². The topological polar surface area (TPSA) is 44.7 Å². The first-order chi connectivity index (χ1) is 13.7.